The highest BCUT2D eigenvalue weighted by atomic mass is 16.4. The molecule has 140 valence electrons. The first-order valence-corrected chi connectivity index (χ1v) is 9.12. The van der Waals surface area contributed by atoms with Crippen molar-refractivity contribution in [2.24, 2.45) is 0 Å². The first kappa shape index (κ1) is 18.6. The molecular formula is C21H23N3O3. The zero-order valence-corrected chi connectivity index (χ0v) is 15.3. The summed E-state index contributed by atoms with van der Waals surface area (Å²) >= 11 is 0. The second kappa shape index (κ2) is 8.49. The quantitative estimate of drug-likeness (QED) is 0.586. The van der Waals surface area contributed by atoms with E-state index < -0.39 is 5.97 Å². The SMILES string of the molecule is CCCCCn1nc(O)nc1Cc1ccc(-c2ccccc2C(=O)O)cc1. The third-order valence-corrected chi connectivity index (χ3v) is 4.50. The van der Waals surface area contributed by atoms with Gasteiger partial charge in [-0.25, -0.2) is 9.48 Å². The fourth-order valence-electron chi connectivity index (χ4n) is 3.09. The van der Waals surface area contributed by atoms with Gasteiger partial charge in [0.25, 0.3) is 0 Å². The minimum atomic E-state index is -0.940. The smallest absolute Gasteiger partial charge is 0.336 e. The second-order valence-corrected chi connectivity index (χ2v) is 6.48. The highest BCUT2D eigenvalue weighted by molar-refractivity contribution is 5.95. The van der Waals surface area contributed by atoms with Crippen LogP contribution in [0.25, 0.3) is 11.1 Å². The highest BCUT2D eigenvalue weighted by Crippen LogP contribution is 2.24. The van der Waals surface area contributed by atoms with E-state index >= 15 is 0 Å². The predicted octanol–water partition coefficient (Wildman–Crippen LogP) is 4.13. The van der Waals surface area contributed by atoms with Gasteiger partial charge < -0.3 is 10.2 Å². The van der Waals surface area contributed by atoms with E-state index in [1.165, 1.54) is 0 Å². The monoisotopic (exact) mass is 365 g/mol. The summed E-state index contributed by atoms with van der Waals surface area (Å²) in [7, 11) is 0. The van der Waals surface area contributed by atoms with Crippen LogP contribution < -0.4 is 0 Å². The molecule has 3 aromatic rings. The average Bonchev–Trinajstić information content (AvgIpc) is 3.01. The Kier molecular flexibility index (Phi) is 5.86. The van der Waals surface area contributed by atoms with Crippen molar-refractivity contribution in [2.45, 2.75) is 39.2 Å². The third kappa shape index (κ3) is 4.53. The van der Waals surface area contributed by atoms with Gasteiger partial charge in [0.1, 0.15) is 5.82 Å². The Labute approximate surface area is 158 Å². The van der Waals surface area contributed by atoms with Crippen LogP contribution in [0.5, 0.6) is 6.01 Å². The first-order chi connectivity index (χ1) is 13.1. The number of aromatic nitrogens is 3. The maximum absolute atomic E-state index is 11.4. The highest BCUT2D eigenvalue weighted by Gasteiger charge is 2.12. The molecule has 0 radical (unpaired) electrons. The Morgan fingerprint density at radius 3 is 2.52 bits per heavy atom. The van der Waals surface area contributed by atoms with Crippen LogP contribution in [0.3, 0.4) is 0 Å². The van der Waals surface area contributed by atoms with Gasteiger partial charge in [0.15, 0.2) is 0 Å². The maximum atomic E-state index is 11.4. The molecule has 3 rings (SSSR count). The molecule has 0 amide bonds. The van der Waals surface area contributed by atoms with Crippen LogP contribution in [-0.4, -0.2) is 30.9 Å². The summed E-state index contributed by atoms with van der Waals surface area (Å²) in [6.07, 6.45) is 3.78. The van der Waals surface area contributed by atoms with Crippen molar-refractivity contribution in [2.75, 3.05) is 0 Å². The average molecular weight is 365 g/mol. The van der Waals surface area contributed by atoms with Crippen LogP contribution >= 0.6 is 0 Å². The van der Waals surface area contributed by atoms with Crippen molar-refractivity contribution in [1.29, 1.82) is 0 Å². The molecule has 1 heterocycles. The van der Waals surface area contributed by atoms with Crippen molar-refractivity contribution in [1.82, 2.24) is 14.8 Å². The molecular weight excluding hydrogens is 342 g/mol. The zero-order chi connectivity index (χ0) is 19.2. The van der Waals surface area contributed by atoms with Crippen molar-refractivity contribution in [3.8, 4) is 17.1 Å². The Morgan fingerprint density at radius 2 is 1.81 bits per heavy atom. The fourth-order valence-corrected chi connectivity index (χ4v) is 3.09. The van der Waals surface area contributed by atoms with Crippen LogP contribution in [0.4, 0.5) is 0 Å². The lowest BCUT2D eigenvalue weighted by atomic mass is 9.98. The molecule has 0 fully saturated rings. The number of carboxylic acid groups (broad SMARTS) is 1. The Morgan fingerprint density at radius 1 is 1.07 bits per heavy atom. The molecule has 0 unspecified atom stereocenters. The van der Waals surface area contributed by atoms with Gasteiger partial charge in [0, 0.05) is 13.0 Å². The number of benzene rings is 2. The number of unbranched alkanes of at least 4 members (excludes halogenated alkanes) is 2. The summed E-state index contributed by atoms with van der Waals surface area (Å²) in [5.74, 6) is -0.215. The summed E-state index contributed by atoms with van der Waals surface area (Å²) in [6, 6.07) is 14.5. The van der Waals surface area contributed by atoms with Gasteiger partial charge in [-0.3, -0.25) is 0 Å². The van der Waals surface area contributed by atoms with Crippen LogP contribution in [0, 0.1) is 0 Å². The van der Waals surface area contributed by atoms with Crippen LogP contribution in [0.2, 0.25) is 0 Å². The second-order valence-electron chi connectivity index (χ2n) is 6.48. The largest absolute Gasteiger partial charge is 0.478 e. The number of nitrogens with zero attached hydrogens (tertiary/aromatic N) is 3. The maximum Gasteiger partial charge on any atom is 0.336 e. The topological polar surface area (TPSA) is 88.2 Å². The minimum Gasteiger partial charge on any atom is -0.478 e. The van der Waals surface area contributed by atoms with E-state index in [4.69, 9.17) is 0 Å². The van der Waals surface area contributed by atoms with E-state index in [1.807, 2.05) is 30.3 Å². The molecule has 6 nitrogen and oxygen atoms in total. The fraction of sp³-hybridized carbons (Fsp3) is 0.286. The summed E-state index contributed by atoms with van der Waals surface area (Å²) < 4.78 is 1.76. The molecule has 2 aromatic carbocycles. The van der Waals surface area contributed by atoms with Gasteiger partial charge in [0.2, 0.25) is 0 Å². The van der Waals surface area contributed by atoms with Gasteiger partial charge in [0.05, 0.1) is 5.56 Å². The molecule has 0 aliphatic heterocycles. The zero-order valence-electron chi connectivity index (χ0n) is 15.3. The van der Waals surface area contributed by atoms with E-state index in [-0.39, 0.29) is 11.6 Å². The molecule has 0 saturated heterocycles. The van der Waals surface area contributed by atoms with E-state index in [1.54, 1.807) is 22.9 Å². The van der Waals surface area contributed by atoms with Crippen molar-refractivity contribution in [3.63, 3.8) is 0 Å². The number of carbonyl (C=O) groups is 1. The van der Waals surface area contributed by atoms with Crippen LogP contribution in [0.1, 0.15) is 47.9 Å². The number of carboxylic acids is 1. The van der Waals surface area contributed by atoms with Gasteiger partial charge in [-0.15, -0.1) is 5.10 Å². The van der Waals surface area contributed by atoms with Gasteiger partial charge in [-0.05, 0) is 29.2 Å². The predicted molar refractivity (Wildman–Crippen MR) is 103 cm³/mol. The summed E-state index contributed by atoms with van der Waals surface area (Å²) in [5, 5.41) is 23.1. The van der Waals surface area contributed by atoms with E-state index in [9.17, 15) is 15.0 Å². The number of aryl methyl sites for hydroxylation is 1. The molecule has 0 atom stereocenters. The van der Waals surface area contributed by atoms with Gasteiger partial charge in [-0.1, -0.05) is 62.2 Å². The lowest BCUT2D eigenvalue weighted by Crippen LogP contribution is -2.06. The van der Waals surface area contributed by atoms with Crippen LogP contribution in [0.15, 0.2) is 48.5 Å². The third-order valence-electron chi connectivity index (χ3n) is 4.50. The van der Waals surface area contributed by atoms with Crippen LogP contribution in [-0.2, 0) is 13.0 Å². The standard InChI is InChI=1S/C21H23N3O3/c1-2-3-6-13-24-19(22-21(27)23-24)14-15-9-11-16(12-10-15)17-7-4-5-8-18(17)20(25)26/h4-5,7-12H,2-3,6,13-14H2,1H3,(H,23,27)(H,25,26). The van der Waals surface area contributed by atoms with E-state index in [2.05, 4.69) is 17.0 Å². The molecule has 0 aliphatic carbocycles. The summed E-state index contributed by atoms with van der Waals surface area (Å²) in [5.41, 5.74) is 2.85. The molecule has 27 heavy (non-hydrogen) atoms. The number of aromatic carboxylic acids is 1. The Bertz CT molecular complexity index is 917. The van der Waals surface area contributed by atoms with E-state index in [0.29, 0.717) is 12.0 Å². The lowest BCUT2D eigenvalue weighted by molar-refractivity contribution is 0.0697. The minimum absolute atomic E-state index is 0.200. The molecule has 0 saturated carbocycles. The van der Waals surface area contributed by atoms with Gasteiger partial charge in [-0.2, -0.15) is 4.98 Å². The molecule has 0 bridgehead atoms. The van der Waals surface area contributed by atoms with Crippen molar-refractivity contribution < 1.29 is 15.0 Å². The molecule has 0 spiro atoms. The molecule has 6 heteroatoms. The normalized spacial score (nSPS) is 10.9. The lowest BCUT2D eigenvalue weighted by Gasteiger charge is -2.08. The Hall–Kier alpha value is -3.15. The summed E-state index contributed by atoms with van der Waals surface area (Å²) in [6.45, 7) is 2.88. The van der Waals surface area contributed by atoms with Crippen molar-refractivity contribution >= 4 is 5.97 Å². The summed E-state index contributed by atoms with van der Waals surface area (Å²) in [4.78, 5) is 15.5. The number of rotatable bonds is 8. The Balaban J connectivity index is 1.78. The number of hydrogen-bond donors (Lipinski definition) is 2. The molecule has 0 aliphatic rings. The van der Waals surface area contributed by atoms with Gasteiger partial charge >= 0.3 is 12.0 Å². The van der Waals surface area contributed by atoms with Crippen molar-refractivity contribution in [3.05, 3.63) is 65.5 Å². The number of hydrogen-bond acceptors (Lipinski definition) is 4. The molecule has 1 aromatic heterocycles. The van der Waals surface area contributed by atoms with E-state index in [0.717, 1.165) is 42.8 Å². The first-order valence-electron chi connectivity index (χ1n) is 9.12. The number of aromatic hydroxyl groups is 1. The molecule has 2 N–H and O–H groups in total.